The number of fused-ring (bicyclic) bond motifs is 3. The molecule has 3 rings (SSSR count). The smallest absolute Gasteiger partial charge is 0.0670 e. The Morgan fingerprint density at radius 2 is 1.35 bits per heavy atom. The molecule has 0 aromatic heterocycles. The molecule has 0 atom stereocenters. The van der Waals surface area contributed by atoms with E-state index in [0.717, 1.165) is 26.6 Å². The highest BCUT2D eigenvalue weighted by Crippen LogP contribution is 2.35. The average molecular weight is 282 g/mol. The van der Waals surface area contributed by atoms with E-state index in [1.54, 1.807) is 0 Å². The molecule has 0 aliphatic carbocycles. The summed E-state index contributed by atoms with van der Waals surface area (Å²) in [4.78, 5) is 0. The summed E-state index contributed by atoms with van der Waals surface area (Å²) in [5.41, 5.74) is 0. The second kappa shape index (κ2) is 4.06. The van der Waals surface area contributed by atoms with Crippen LogP contribution in [0, 0.1) is 0 Å². The molecule has 3 heteroatoms. The molecule has 0 spiro atoms. The van der Waals surface area contributed by atoms with E-state index in [4.69, 9.17) is 34.8 Å². The van der Waals surface area contributed by atoms with Crippen LogP contribution in [0.25, 0.3) is 21.5 Å². The Hall–Kier alpha value is -0.950. The summed E-state index contributed by atoms with van der Waals surface area (Å²) in [6.07, 6.45) is 0. The topological polar surface area (TPSA) is 0 Å². The fourth-order valence-corrected chi connectivity index (χ4v) is 2.63. The first-order valence-corrected chi connectivity index (χ1v) is 6.26. The van der Waals surface area contributed by atoms with Crippen LogP contribution in [-0.2, 0) is 0 Å². The molecule has 84 valence electrons. The van der Waals surface area contributed by atoms with E-state index in [1.807, 2.05) is 42.5 Å². The van der Waals surface area contributed by atoms with Crippen molar-refractivity contribution in [2.75, 3.05) is 0 Å². The molecule has 0 heterocycles. The van der Waals surface area contributed by atoms with Crippen molar-refractivity contribution in [3.63, 3.8) is 0 Å². The molecule has 0 unspecified atom stereocenters. The van der Waals surface area contributed by atoms with E-state index in [-0.39, 0.29) is 0 Å². The Balaban J connectivity index is 2.53. The van der Waals surface area contributed by atoms with Gasteiger partial charge in [-0.25, -0.2) is 0 Å². The highest BCUT2D eigenvalue weighted by molar-refractivity contribution is 6.45. The third-order valence-corrected chi connectivity index (χ3v) is 3.92. The second-order valence-corrected chi connectivity index (χ2v) is 5.11. The Kier molecular flexibility index (Phi) is 2.67. The molecule has 0 aliphatic rings. The van der Waals surface area contributed by atoms with Gasteiger partial charge in [0.25, 0.3) is 0 Å². The number of benzene rings is 3. The predicted octanol–water partition coefficient (Wildman–Crippen LogP) is 5.95. The quantitative estimate of drug-likeness (QED) is 0.446. The zero-order valence-electron chi connectivity index (χ0n) is 8.68. The zero-order chi connectivity index (χ0) is 12.0. The molecule has 0 N–H and O–H groups in total. The molecular weight excluding hydrogens is 275 g/mol. The van der Waals surface area contributed by atoms with Crippen molar-refractivity contribution in [2.45, 2.75) is 0 Å². The molecular formula is C14H7Cl3. The van der Waals surface area contributed by atoms with Gasteiger partial charge in [0.05, 0.1) is 10.0 Å². The molecule has 3 aromatic carbocycles. The molecule has 3 aromatic rings. The minimum Gasteiger partial charge on any atom is -0.0843 e. The van der Waals surface area contributed by atoms with Gasteiger partial charge < -0.3 is 0 Å². The normalized spacial score (nSPS) is 11.2. The molecule has 0 aliphatic heterocycles. The number of hydrogen-bond acceptors (Lipinski definition) is 0. The van der Waals surface area contributed by atoms with Crippen LogP contribution in [0.2, 0.25) is 15.1 Å². The summed E-state index contributed by atoms with van der Waals surface area (Å²) < 4.78 is 0. The van der Waals surface area contributed by atoms with Crippen LogP contribution < -0.4 is 0 Å². The zero-order valence-corrected chi connectivity index (χ0v) is 10.9. The lowest BCUT2D eigenvalue weighted by molar-refractivity contribution is 1.76. The van der Waals surface area contributed by atoms with Gasteiger partial charge in [0, 0.05) is 10.4 Å². The van der Waals surface area contributed by atoms with Crippen molar-refractivity contribution in [3.8, 4) is 0 Å². The number of rotatable bonds is 0. The summed E-state index contributed by atoms with van der Waals surface area (Å²) in [5, 5.41) is 6.20. The maximum absolute atomic E-state index is 6.20. The Labute approximate surface area is 114 Å². The minimum atomic E-state index is 0.576. The van der Waals surface area contributed by atoms with E-state index in [1.165, 1.54) is 0 Å². The van der Waals surface area contributed by atoms with Gasteiger partial charge in [-0.05, 0) is 34.4 Å². The van der Waals surface area contributed by atoms with Gasteiger partial charge in [-0.15, -0.1) is 0 Å². The summed E-state index contributed by atoms with van der Waals surface area (Å²) in [5.74, 6) is 0. The van der Waals surface area contributed by atoms with Gasteiger partial charge in [0.15, 0.2) is 0 Å². The van der Waals surface area contributed by atoms with Gasteiger partial charge in [0.2, 0.25) is 0 Å². The SMILES string of the molecule is Clc1ccc2c(ccc3c(Cl)c(Cl)ccc32)c1. The lowest BCUT2D eigenvalue weighted by Gasteiger charge is -2.07. The molecule has 0 radical (unpaired) electrons. The third-order valence-electron chi connectivity index (χ3n) is 2.87. The predicted molar refractivity (Wildman–Crippen MR) is 76.5 cm³/mol. The fraction of sp³-hybridized carbons (Fsp3) is 0. The largest absolute Gasteiger partial charge is 0.0843 e. The van der Waals surface area contributed by atoms with Crippen LogP contribution in [-0.4, -0.2) is 0 Å². The maximum Gasteiger partial charge on any atom is 0.0670 e. The van der Waals surface area contributed by atoms with Crippen molar-refractivity contribution in [3.05, 3.63) is 57.5 Å². The second-order valence-electron chi connectivity index (χ2n) is 3.89. The van der Waals surface area contributed by atoms with Crippen LogP contribution in [0.4, 0.5) is 0 Å². The van der Waals surface area contributed by atoms with Crippen molar-refractivity contribution in [1.82, 2.24) is 0 Å². The first kappa shape index (κ1) is 11.2. The van der Waals surface area contributed by atoms with Crippen LogP contribution in [0.5, 0.6) is 0 Å². The Morgan fingerprint density at radius 1 is 0.647 bits per heavy atom. The minimum absolute atomic E-state index is 0.576. The van der Waals surface area contributed by atoms with Gasteiger partial charge in [-0.3, -0.25) is 0 Å². The van der Waals surface area contributed by atoms with E-state index in [9.17, 15) is 0 Å². The van der Waals surface area contributed by atoms with E-state index < -0.39 is 0 Å². The highest BCUT2D eigenvalue weighted by Gasteiger charge is 2.06. The van der Waals surface area contributed by atoms with Crippen molar-refractivity contribution in [2.24, 2.45) is 0 Å². The first-order chi connectivity index (χ1) is 8.16. The van der Waals surface area contributed by atoms with Crippen LogP contribution >= 0.6 is 34.8 Å². The fourth-order valence-electron chi connectivity index (χ4n) is 2.05. The Bertz CT molecular complexity index is 732. The number of hydrogen-bond donors (Lipinski definition) is 0. The van der Waals surface area contributed by atoms with Crippen LogP contribution in [0.3, 0.4) is 0 Å². The number of halogens is 3. The Morgan fingerprint density at radius 3 is 2.18 bits per heavy atom. The van der Waals surface area contributed by atoms with E-state index >= 15 is 0 Å². The lowest BCUT2D eigenvalue weighted by atomic mass is 10.0. The van der Waals surface area contributed by atoms with Gasteiger partial charge in [-0.1, -0.05) is 59.1 Å². The molecule has 17 heavy (non-hydrogen) atoms. The van der Waals surface area contributed by atoms with Crippen LogP contribution in [0.15, 0.2) is 42.5 Å². The monoisotopic (exact) mass is 280 g/mol. The van der Waals surface area contributed by atoms with Crippen LogP contribution in [0.1, 0.15) is 0 Å². The van der Waals surface area contributed by atoms with E-state index in [2.05, 4.69) is 0 Å². The van der Waals surface area contributed by atoms with Gasteiger partial charge in [-0.2, -0.15) is 0 Å². The molecule has 0 saturated carbocycles. The van der Waals surface area contributed by atoms with Crippen molar-refractivity contribution < 1.29 is 0 Å². The lowest BCUT2D eigenvalue weighted by Crippen LogP contribution is -1.80. The summed E-state index contributed by atoms with van der Waals surface area (Å²) in [6.45, 7) is 0. The van der Waals surface area contributed by atoms with Gasteiger partial charge >= 0.3 is 0 Å². The molecule has 0 fully saturated rings. The van der Waals surface area contributed by atoms with E-state index in [0.29, 0.717) is 10.0 Å². The van der Waals surface area contributed by atoms with Crippen molar-refractivity contribution >= 4 is 56.3 Å². The molecule has 0 nitrogen and oxygen atoms in total. The standard InChI is InChI=1S/C14H7Cl3/c15-9-2-4-10-8(7-9)1-3-12-11(10)5-6-13(16)14(12)17/h1-7H. The average Bonchev–Trinajstić information content (AvgIpc) is 2.33. The summed E-state index contributed by atoms with van der Waals surface area (Å²) in [6, 6.07) is 13.6. The third kappa shape index (κ3) is 1.77. The highest BCUT2D eigenvalue weighted by atomic mass is 35.5. The maximum atomic E-state index is 6.20. The summed E-state index contributed by atoms with van der Waals surface area (Å²) in [7, 11) is 0. The van der Waals surface area contributed by atoms with Crippen molar-refractivity contribution in [1.29, 1.82) is 0 Å². The van der Waals surface area contributed by atoms with Gasteiger partial charge in [0.1, 0.15) is 0 Å². The molecule has 0 amide bonds. The molecule has 0 saturated heterocycles. The first-order valence-electron chi connectivity index (χ1n) is 5.13. The molecule has 0 bridgehead atoms. The summed E-state index contributed by atoms with van der Waals surface area (Å²) >= 11 is 18.2.